The van der Waals surface area contributed by atoms with Gasteiger partial charge in [-0.2, -0.15) is 4.31 Å². The molecule has 0 saturated carbocycles. The lowest BCUT2D eigenvalue weighted by atomic mass is 9.94. The van der Waals surface area contributed by atoms with Gasteiger partial charge in [0.2, 0.25) is 15.9 Å². The summed E-state index contributed by atoms with van der Waals surface area (Å²) in [6.07, 6.45) is 1.05. The van der Waals surface area contributed by atoms with E-state index >= 15 is 0 Å². The minimum atomic E-state index is -3.52. The highest BCUT2D eigenvalue weighted by atomic mass is 32.2. The SMILES string of the molecule is C[C@@H]1C[C@H](C)CN(S(=O)(=O)c2ccc(NC(=O)CN[C@@H](C)c3ccccc3)cc2)C1. The van der Waals surface area contributed by atoms with Crippen molar-refractivity contribution in [3.63, 3.8) is 0 Å². The first kappa shape index (κ1) is 22.5. The second-order valence-electron chi connectivity index (χ2n) is 8.35. The number of carbonyl (C=O) groups excluding carboxylic acids is 1. The number of sulfonamides is 1. The molecule has 1 fully saturated rings. The van der Waals surface area contributed by atoms with Gasteiger partial charge in [0.05, 0.1) is 11.4 Å². The van der Waals surface area contributed by atoms with Gasteiger partial charge in [0.25, 0.3) is 0 Å². The number of amides is 1. The summed E-state index contributed by atoms with van der Waals surface area (Å²) in [5, 5.41) is 6.00. The predicted molar refractivity (Wildman–Crippen MR) is 120 cm³/mol. The highest BCUT2D eigenvalue weighted by molar-refractivity contribution is 7.89. The third kappa shape index (κ3) is 5.68. The third-order valence-electron chi connectivity index (χ3n) is 5.48. The summed E-state index contributed by atoms with van der Waals surface area (Å²) >= 11 is 0. The van der Waals surface area contributed by atoms with Crippen LogP contribution in [0.3, 0.4) is 0 Å². The number of hydrogen-bond donors (Lipinski definition) is 2. The van der Waals surface area contributed by atoms with Gasteiger partial charge < -0.3 is 10.6 Å². The van der Waals surface area contributed by atoms with Gasteiger partial charge in [0.1, 0.15) is 0 Å². The summed E-state index contributed by atoms with van der Waals surface area (Å²) in [7, 11) is -3.52. The molecule has 1 amide bonds. The largest absolute Gasteiger partial charge is 0.325 e. The van der Waals surface area contributed by atoms with E-state index in [0.29, 0.717) is 30.6 Å². The zero-order valence-electron chi connectivity index (χ0n) is 17.8. The van der Waals surface area contributed by atoms with E-state index in [1.807, 2.05) is 37.3 Å². The van der Waals surface area contributed by atoms with E-state index < -0.39 is 10.0 Å². The number of benzene rings is 2. The number of hydrogen-bond acceptors (Lipinski definition) is 4. The van der Waals surface area contributed by atoms with Crippen LogP contribution in [0.4, 0.5) is 5.69 Å². The van der Waals surface area contributed by atoms with Crippen LogP contribution in [-0.2, 0) is 14.8 Å². The lowest BCUT2D eigenvalue weighted by molar-refractivity contribution is -0.115. The van der Waals surface area contributed by atoms with Gasteiger partial charge in [-0.05, 0) is 55.0 Å². The fraction of sp³-hybridized carbons (Fsp3) is 0.435. The molecule has 0 spiro atoms. The summed E-state index contributed by atoms with van der Waals surface area (Å²) in [6.45, 7) is 7.45. The van der Waals surface area contributed by atoms with Crippen molar-refractivity contribution >= 4 is 21.6 Å². The molecule has 0 bridgehead atoms. The summed E-state index contributed by atoms with van der Waals surface area (Å²) in [5.41, 5.74) is 1.69. The second kappa shape index (κ2) is 9.73. The van der Waals surface area contributed by atoms with Crippen LogP contribution in [0, 0.1) is 11.8 Å². The van der Waals surface area contributed by atoms with Gasteiger partial charge in [-0.25, -0.2) is 8.42 Å². The summed E-state index contributed by atoms with van der Waals surface area (Å²) < 4.78 is 27.5. The Kier molecular flexibility index (Phi) is 7.28. The van der Waals surface area contributed by atoms with Crippen LogP contribution in [0.5, 0.6) is 0 Å². The van der Waals surface area contributed by atoms with Gasteiger partial charge in [-0.15, -0.1) is 0 Å². The zero-order valence-corrected chi connectivity index (χ0v) is 18.7. The van der Waals surface area contributed by atoms with Crippen LogP contribution in [0.1, 0.15) is 38.8 Å². The molecule has 3 rings (SSSR count). The third-order valence-corrected chi connectivity index (χ3v) is 7.33. The van der Waals surface area contributed by atoms with Gasteiger partial charge in [-0.1, -0.05) is 44.2 Å². The van der Waals surface area contributed by atoms with Crippen molar-refractivity contribution < 1.29 is 13.2 Å². The average Bonchev–Trinajstić information content (AvgIpc) is 2.72. The molecule has 6 nitrogen and oxygen atoms in total. The molecule has 1 aliphatic rings. The molecular weight excluding hydrogens is 398 g/mol. The Morgan fingerprint density at radius 1 is 1.03 bits per heavy atom. The molecule has 2 aromatic carbocycles. The van der Waals surface area contributed by atoms with E-state index in [9.17, 15) is 13.2 Å². The van der Waals surface area contributed by atoms with E-state index in [1.165, 1.54) is 0 Å². The van der Waals surface area contributed by atoms with Crippen LogP contribution >= 0.6 is 0 Å². The molecule has 0 aliphatic carbocycles. The van der Waals surface area contributed by atoms with E-state index in [-0.39, 0.29) is 23.4 Å². The van der Waals surface area contributed by atoms with E-state index in [0.717, 1.165) is 12.0 Å². The van der Waals surface area contributed by atoms with Crippen molar-refractivity contribution in [2.45, 2.75) is 38.1 Å². The van der Waals surface area contributed by atoms with Crippen molar-refractivity contribution in [3.8, 4) is 0 Å². The Hall–Kier alpha value is -2.22. The van der Waals surface area contributed by atoms with Gasteiger partial charge in [-0.3, -0.25) is 4.79 Å². The molecular formula is C23H31N3O3S. The molecule has 0 unspecified atom stereocenters. The molecule has 0 aromatic heterocycles. The molecule has 162 valence electrons. The molecule has 30 heavy (non-hydrogen) atoms. The van der Waals surface area contributed by atoms with E-state index in [4.69, 9.17) is 0 Å². The molecule has 3 atom stereocenters. The number of carbonyl (C=O) groups is 1. The molecule has 0 radical (unpaired) electrons. The minimum absolute atomic E-state index is 0.0544. The van der Waals surface area contributed by atoms with Gasteiger partial charge in [0.15, 0.2) is 0 Å². The van der Waals surface area contributed by atoms with E-state index in [1.54, 1.807) is 28.6 Å². The first-order valence-electron chi connectivity index (χ1n) is 10.4. The Morgan fingerprint density at radius 2 is 1.63 bits per heavy atom. The van der Waals surface area contributed by atoms with Crippen LogP contribution in [0.2, 0.25) is 0 Å². The van der Waals surface area contributed by atoms with Crippen molar-refractivity contribution in [2.24, 2.45) is 11.8 Å². The number of anilines is 1. The molecule has 1 aliphatic heterocycles. The first-order valence-corrected chi connectivity index (χ1v) is 11.9. The van der Waals surface area contributed by atoms with Crippen LogP contribution in [0.25, 0.3) is 0 Å². The highest BCUT2D eigenvalue weighted by Crippen LogP contribution is 2.27. The monoisotopic (exact) mass is 429 g/mol. The van der Waals surface area contributed by atoms with Gasteiger partial charge in [0, 0.05) is 24.8 Å². The van der Waals surface area contributed by atoms with Crippen LogP contribution in [-0.4, -0.2) is 38.3 Å². The normalized spacial score (nSPS) is 21.2. The number of nitrogens with one attached hydrogen (secondary N) is 2. The van der Waals surface area contributed by atoms with Crippen molar-refractivity contribution in [1.82, 2.24) is 9.62 Å². The topological polar surface area (TPSA) is 78.5 Å². The summed E-state index contributed by atoms with van der Waals surface area (Å²) in [5.74, 6) is 0.535. The Morgan fingerprint density at radius 3 is 2.23 bits per heavy atom. The van der Waals surface area contributed by atoms with Crippen molar-refractivity contribution in [3.05, 3.63) is 60.2 Å². The Labute approximate surface area is 179 Å². The quantitative estimate of drug-likeness (QED) is 0.704. The van der Waals surface area contributed by atoms with Gasteiger partial charge >= 0.3 is 0 Å². The standard InChI is InChI=1S/C23H31N3O3S/c1-17-13-18(2)16-26(15-17)30(28,29)22-11-9-21(10-12-22)25-23(27)14-24-19(3)20-7-5-4-6-8-20/h4-12,17-19,24H,13-16H2,1-3H3,(H,25,27)/t17-,18+,19-/m0/s1. The highest BCUT2D eigenvalue weighted by Gasteiger charge is 2.31. The molecule has 7 heteroatoms. The Bertz CT molecular complexity index is 935. The maximum Gasteiger partial charge on any atom is 0.243 e. The maximum atomic E-state index is 13.0. The minimum Gasteiger partial charge on any atom is -0.325 e. The van der Waals surface area contributed by atoms with Crippen molar-refractivity contribution in [2.75, 3.05) is 25.0 Å². The lowest BCUT2D eigenvalue weighted by Crippen LogP contribution is -2.42. The molecule has 1 heterocycles. The van der Waals surface area contributed by atoms with Crippen molar-refractivity contribution in [1.29, 1.82) is 0 Å². The second-order valence-corrected chi connectivity index (χ2v) is 10.3. The average molecular weight is 430 g/mol. The fourth-order valence-corrected chi connectivity index (χ4v) is 5.65. The summed E-state index contributed by atoms with van der Waals surface area (Å²) in [4.78, 5) is 12.5. The smallest absolute Gasteiger partial charge is 0.243 e. The molecule has 2 N–H and O–H groups in total. The summed E-state index contributed by atoms with van der Waals surface area (Å²) in [6, 6.07) is 16.4. The maximum absolute atomic E-state index is 13.0. The number of rotatable bonds is 7. The van der Waals surface area contributed by atoms with Crippen LogP contribution in [0.15, 0.2) is 59.5 Å². The predicted octanol–water partition coefficient (Wildman–Crippen LogP) is 3.64. The lowest BCUT2D eigenvalue weighted by Gasteiger charge is -2.34. The number of nitrogens with zero attached hydrogens (tertiary/aromatic N) is 1. The number of piperidine rings is 1. The Balaban J connectivity index is 1.57. The van der Waals surface area contributed by atoms with E-state index in [2.05, 4.69) is 24.5 Å². The molecule has 2 aromatic rings. The van der Waals surface area contributed by atoms with Crippen LogP contribution < -0.4 is 10.6 Å². The fourth-order valence-electron chi connectivity index (χ4n) is 3.97. The zero-order chi connectivity index (χ0) is 21.7. The molecule has 1 saturated heterocycles. The first-order chi connectivity index (χ1) is 14.3.